The van der Waals surface area contributed by atoms with Crippen LogP contribution >= 0.6 is 0 Å². The van der Waals surface area contributed by atoms with Gasteiger partial charge in [0.1, 0.15) is 11.5 Å². The molecule has 0 aliphatic carbocycles. The predicted molar refractivity (Wildman–Crippen MR) is 127 cm³/mol. The number of pyridine rings is 1. The molecule has 0 saturated carbocycles. The topological polar surface area (TPSA) is 123 Å². The first-order chi connectivity index (χ1) is 16.9. The maximum absolute atomic E-state index is 13.2. The molecule has 1 unspecified atom stereocenters. The molecule has 0 spiro atoms. The van der Waals surface area contributed by atoms with Gasteiger partial charge in [0.2, 0.25) is 0 Å². The molecule has 9 nitrogen and oxygen atoms in total. The number of hydrogen-bond acceptors (Lipinski definition) is 7. The number of carbonyl (C=O) groups is 2. The number of nitro groups is 1. The number of nitrogens with zero attached hydrogens (tertiary/aromatic N) is 3. The second kappa shape index (κ2) is 10.2. The lowest BCUT2D eigenvalue weighted by Crippen LogP contribution is -2.29. The Kier molecular flexibility index (Phi) is 6.86. The summed E-state index contributed by atoms with van der Waals surface area (Å²) >= 11 is 0. The first-order valence-electron chi connectivity index (χ1n) is 11.1. The molecule has 1 aromatic heterocycles. The van der Waals surface area contributed by atoms with E-state index in [0.29, 0.717) is 29.0 Å². The van der Waals surface area contributed by atoms with Crippen LogP contribution in [0.15, 0.2) is 78.6 Å². The Hall–Kier alpha value is -4.53. The van der Waals surface area contributed by atoms with Crippen LogP contribution in [0.3, 0.4) is 0 Å². The van der Waals surface area contributed by atoms with Crippen molar-refractivity contribution in [1.82, 2.24) is 9.88 Å². The van der Waals surface area contributed by atoms with Crippen molar-refractivity contribution in [2.45, 2.75) is 25.9 Å². The van der Waals surface area contributed by atoms with Crippen LogP contribution in [0.1, 0.15) is 36.1 Å². The zero-order chi connectivity index (χ0) is 24.9. The molecule has 1 saturated heterocycles. The Morgan fingerprint density at radius 3 is 2.57 bits per heavy atom. The van der Waals surface area contributed by atoms with E-state index in [-0.39, 0.29) is 23.6 Å². The van der Waals surface area contributed by atoms with E-state index in [9.17, 15) is 24.8 Å². The molecule has 1 amide bonds. The van der Waals surface area contributed by atoms with Gasteiger partial charge in [0.05, 0.1) is 23.1 Å². The smallest absolute Gasteiger partial charge is 0.295 e. The van der Waals surface area contributed by atoms with Gasteiger partial charge in [-0.15, -0.1) is 0 Å². The zero-order valence-corrected chi connectivity index (χ0v) is 19.0. The monoisotopic (exact) mass is 473 g/mol. The van der Waals surface area contributed by atoms with E-state index in [0.717, 1.165) is 6.42 Å². The Morgan fingerprint density at radius 2 is 1.91 bits per heavy atom. The molecule has 1 aliphatic rings. The molecule has 1 fully saturated rings. The van der Waals surface area contributed by atoms with Gasteiger partial charge in [-0.1, -0.05) is 25.1 Å². The van der Waals surface area contributed by atoms with Gasteiger partial charge < -0.3 is 14.7 Å². The molecule has 3 aromatic rings. The van der Waals surface area contributed by atoms with Gasteiger partial charge in [0, 0.05) is 36.6 Å². The van der Waals surface area contributed by atoms with Crippen molar-refractivity contribution < 1.29 is 24.4 Å². The van der Waals surface area contributed by atoms with E-state index >= 15 is 0 Å². The fourth-order valence-corrected chi connectivity index (χ4v) is 3.96. The molecule has 0 radical (unpaired) electrons. The standard InChI is InChI=1S/C26H23N3O6/c1-2-13-35-21-7-3-6-19(14-21)24(30)22-23(18-8-10-20(11-9-18)29(33)34)28(26(32)25(22)31)16-17-5-4-12-27-15-17/h3-12,14-15,23,30H,2,13,16H2,1H3/b24-22+. The molecule has 178 valence electrons. The van der Waals surface area contributed by atoms with Gasteiger partial charge in [-0.3, -0.25) is 24.7 Å². The number of ether oxygens (including phenoxy) is 1. The van der Waals surface area contributed by atoms with Gasteiger partial charge in [0.25, 0.3) is 17.4 Å². The van der Waals surface area contributed by atoms with E-state index < -0.39 is 22.7 Å². The Labute approximate surface area is 201 Å². The zero-order valence-electron chi connectivity index (χ0n) is 19.0. The summed E-state index contributed by atoms with van der Waals surface area (Å²) in [5, 5.41) is 22.3. The summed E-state index contributed by atoms with van der Waals surface area (Å²) in [5.74, 6) is -1.44. The number of likely N-dealkylation sites (tertiary alicyclic amines) is 1. The molecule has 4 rings (SSSR count). The van der Waals surface area contributed by atoms with E-state index in [4.69, 9.17) is 4.74 Å². The number of amides is 1. The lowest BCUT2D eigenvalue weighted by molar-refractivity contribution is -0.384. The summed E-state index contributed by atoms with van der Waals surface area (Å²) in [7, 11) is 0. The number of aliphatic hydroxyl groups excluding tert-OH is 1. The number of Topliss-reactive ketones (excluding diaryl/α,β-unsaturated/α-hetero) is 1. The molecule has 9 heteroatoms. The van der Waals surface area contributed by atoms with Crippen molar-refractivity contribution in [3.63, 3.8) is 0 Å². The Balaban J connectivity index is 1.82. The second-order valence-corrected chi connectivity index (χ2v) is 8.01. The highest BCUT2D eigenvalue weighted by molar-refractivity contribution is 6.46. The Bertz CT molecular complexity index is 1290. The summed E-state index contributed by atoms with van der Waals surface area (Å²) in [5.41, 5.74) is 1.25. The van der Waals surface area contributed by atoms with Crippen molar-refractivity contribution in [3.05, 3.63) is 105 Å². The minimum atomic E-state index is -0.948. The van der Waals surface area contributed by atoms with Crippen molar-refractivity contribution >= 4 is 23.1 Å². The molecule has 2 heterocycles. The van der Waals surface area contributed by atoms with Crippen molar-refractivity contribution in [1.29, 1.82) is 0 Å². The van der Waals surface area contributed by atoms with Gasteiger partial charge >= 0.3 is 0 Å². The molecule has 2 aromatic carbocycles. The van der Waals surface area contributed by atoms with Gasteiger partial charge in [-0.2, -0.15) is 0 Å². The minimum absolute atomic E-state index is 0.0660. The van der Waals surface area contributed by atoms with E-state index in [1.165, 1.54) is 29.2 Å². The summed E-state index contributed by atoms with van der Waals surface area (Å²) in [6, 6.07) is 14.8. The van der Waals surface area contributed by atoms with Gasteiger partial charge in [0.15, 0.2) is 0 Å². The largest absolute Gasteiger partial charge is 0.507 e. The Morgan fingerprint density at radius 1 is 1.14 bits per heavy atom. The summed E-state index contributed by atoms with van der Waals surface area (Å²) < 4.78 is 5.64. The van der Waals surface area contributed by atoms with Crippen LogP contribution in [0.5, 0.6) is 5.75 Å². The van der Waals surface area contributed by atoms with Crippen LogP contribution in [0.4, 0.5) is 5.69 Å². The highest BCUT2D eigenvalue weighted by atomic mass is 16.6. The number of hydrogen-bond donors (Lipinski definition) is 1. The normalized spacial score (nSPS) is 16.9. The fourth-order valence-electron chi connectivity index (χ4n) is 3.96. The molecule has 35 heavy (non-hydrogen) atoms. The second-order valence-electron chi connectivity index (χ2n) is 8.01. The molecular weight excluding hydrogens is 450 g/mol. The summed E-state index contributed by atoms with van der Waals surface area (Å²) in [4.78, 5) is 42.3. The van der Waals surface area contributed by atoms with Crippen molar-refractivity contribution in [2.24, 2.45) is 0 Å². The van der Waals surface area contributed by atoms with Gasteiger partial charge in [-0.25, -0.2) is 0 Å². The minimum Gasteiger partial charge on any atom is -0.507 e. The highest BCUT2D eigenvalue weighted by Gasteiger charge is 2.46. The highest BCUT2D eigenvalue weighted by Crippen LogP contribution is 2.41. The quantitative estimate of drug-likeness (QED) is 0.169. The average Bonchev–Trinajstić information content (AvgIpc) is 3.12. The summed E-state index contributed by atoms with van der Waals surface area (Å²) in [6.45, 7) is 2.52. The maximum Gasteiger partial charge on any atom is 0.295 e. The number of benzene rings is 2. The summed E-state index contributed by atoms with van der Waals surface area (Å²) in [6.07, 6.45) is 3.98. The predicted octanol–water partition coefficient (Wildman–Crippen LogP) is 4.40. The van der Waals surface area contributed by atoms with Crippen LogP contribution in [0.2, 0.25) is 0 Å². The molecule has 1 N–H and O–H groups in total. The van der Waals surface area contributed by atoms with Crippen LogP contribution in [-0.2, 0) is 16.1 Å². The first-order valence-corrected chi connectivity index (χ1v) is 11.1. The number of non-ortho nitro benzene ring substituents is 1. The fraction of sp³-hybridized carbons (Fsp3) is 0.192. The number of carbonyl (C=O) groups excluding carboxylic acids is 2. The third-order valence-corrected chi connectivity index (χ3v) is 5.62. The number of aliphatic hydroxyl groups is 1. The van der Waals surface area contributed by atoms with Crippen molar-refractivity contribution in [3.8, 4) is 5.75 Å². The number of nitro benzene ring substituents is 1. The lowest BCUT2D eigenvalue weighted by Gasteiger charge is -2.25. The third kappa shape index (κ3) is 4.89. The van der Waals surface area contributed by atoms with Gasteiger partial charge in [-0.05, 0) is 47.9 Å². The van der Waals surface area contributed by atoms with Crippen LogP contribution < -0.4 is 4.74 Å². The van der Waals surface area contributed by atoms with E-state index in [1.54, 1.807) is 48.8 Å². The molecular formula is C26H23N3O6. The average molecular weight is 473 g/mol. The lowest BCUT2D eigenvalue weighted by atomic mass is 9.95. The maximum atomic E-state index is 13.2. The van der Waals surface area contributed by atoms with Crippen LogP contribution in [0, 0.1) is 10.1 Å². The van der Waals surface area contributed by atoms with Crippen LogP contribution in [0.25, 0.3) is 5.76 Å². The van der Waals surface area contributed by atoms with Crippen LogP contribution in [-0.4, -0.2) is 38.2 Å². The number of rotatable bonds is 8. The first kappa shape index (κ1) is 23.6. The third-order valence-electron chi connectivity index (χ3n) is 5.62. The van der Waals surface area contributed by atoms with E-state index in [2.05, 4.69) is 4.98 Å². The van der Waals surface area contributed by atoms with E-state index in [1.807, 2.05) is 6.92 Å². The molecule has 0 bridgehead atoms. The molecule has 1 aliphatic heterocycles. The number of ketones is 1. The number of aromatic nitrogens is 1. The van der Waals surface area contributed by atoms with Crippen molar-refractivity contribution in [2.75, 3.05) is 6.61 Å². The molecule has 1 atom stereocenters. The SMILES string of the molecule is CCCOc1cccc(/C(O)=C2\C(=O)C(=O)N(Cc3cccnc3)C2c2ccc([N+](=O)[O-])cc2)c1.